The Labute approximate surface area is 175 Å². The van der Waals surface area contributed by atoms with Crippen molar-refractivity contribution in [2.75, 3.05) is 5.32 Å². The minimum atomic E-state index is -4.20. The maximum Gasteiger partial charge on any atom is 0.244 e. The SMILES string of the molecule is Cc1ccc(-n2nc(C)c(NC(=O)[C@H](C)NS(=O)(=O)c3ccccc3F)c2C)cc1. The number of anilines is 1. The quantitative estimate of drug-likeness (QED) is 0.628. The van der Waals surface area contributed by atoms with Crippen LogP contribution in [0.25, 0.3) is 5.69 Å². The van der Waals surface area contributed by atoms with Gasteiger partial charge in [0.25, 0.3) is 0 Å². The summed E-state index contributed by atoms with van der Waals surface area (Å²) in [6.45, 7) is 6.94. The van der Waals surface area contributed by atoms with Crippen LogP contribution >= 0.6 is 0 Å². The van der Waals surface area contributed by atoms with Crippen LogP contribution in [-0.4, -0.2) is 30.1 Å². The highest BCUT2D eigenvalue weighted by Crippen LogP contribution is 2.23. The Morgan fingerprint density at radius 3 is 2.33 bits per heavy atom. The number of nitrogens with zero attached hydrogens (tertiary/aromatic N) is 2. The van der Waals surface area contributed by atoms with Crippen molar-refractivity contribution in [1.29, 1.82) is 0 Å². The van der Waals surface area contributed by atoms with E-state index in [1.165, 1.54) is 19.1 Å². The van der Waals surface area contributed by atoms with Crippen LogP contribution in [0.15, 0.2) is 53.4 Å². The van der Waals surface area contributed by atoms with Gasteiger partial charge >= 0.3 is 0 Å². The number of sulfonamides is 1. The molecule has 0 bridgehead atoms. The summed E-state index contributed by atoms with van der Waals surface area (Å²) >= 11 is 0. The Morgan fingerprint density at radius 2 is 1.70 bits per heavy atom. The molecular weight excluding hydrogens is 407 g/mol. The summed E-state index contributed by atoms with van der Waals surface area (Å²) in [6, 6.07) is 11.6. The van der Waals surface area contributed by atoms with Crippen molar-refractivity contribution in [3.63, 3.8) is 0 Å². The zero-order valence-electron chi connectivity index (χ0n) is 17.1. The molecule has 0 spiro atoms. The molecular formula is C21H23FN4O3S. The molecule has 1 atom stereocenters. The third kappa shape index (κ3) is 4.42. The van der Waals surface area contributed by atoms with Crippen molar-refractivity contribution in [1.82, 2.24) is 14.5 Å². The van der Waals surface area contributed by atoms with E-state index in [-0.39, 0.29) is 0 Å². The van der Waals surface area contributed by atoms with Crippen LogP contribution in [0.2, 0.25) is 0 Å². The van der Waals surface area contributed by atoms with Crippen LogP contribution in [0.3, 0.4) is 0 Å². The first-order chi connectivity index (χ1) is 14.1. The lowest BCUT2D eigenvalue weighted by molar-refractivity contribution is -0.117. The molecule has 3 aromatic rings. The standard InChI is InChI=1S/C21H23FN4O3S/c1-13-9-11-17(12-10-13)26-16(4)20(14(2)24-26)23-21(27)15(3)25-30(28,29)19-8-6-5-7-18(19)22/h5-12,15,25H,1-4H3,(H,23,27)/t15-/m0/s1. The van der Waals surface area contributed by atoms with E-state index >= 15 is 0 Å². The molecule has 2 aromatic carbocycles. The number of benzene rings is 2. The van der Waals surface area contributed by atoms with Gasteiger partial charge < -0.3 is 5.32 Å². The molecule has 0 saturated heterocycles. The van der Waals surface area contributed by atoms with Gasteiger partial charge in [0.2, 0.25) is 15.9 Å². The highest BCUT2D eigenvalue weighted by molar-refractivity contribution is 7.89. The summed E-state index contributed by atoms with van der Waals surface area (Å²) in [4.78, 5) is 12.1. The van der Waals surface area contributed by atoms with Gasteiger partial charge in [0.05, 0.1) is 28.8 Å². The third-order valence-electron chi connectivity index (χ3n) is 4.67. The zero-order valence-corrected chi connectivity index (χ0v) is 17.9. The monoisotopic (exact) mass is 430 g/mol. The molecule has 7 nitrogen and oxygen atoms in total. The first-order valence-electron chi connectivity index (χ1n) is 9.31. The number of hydrogen-bond acceptors (Lipinski definition) is 4. The third-order valence-corrected chi connectivity index (χ3v) is 6.24. The van der Waals surface area contributed by atoms with Crippen molar-refractivity contribution >= 4 is 21.6 Å². The summed E-state index contributed by atoms with van der Waals surface area (Å²) in [5.41, 5.74) is 3.75. The molecule has 0 unspecified atom stereocenters. The molecule has 9 heteroatoms. The lowest BCUT2D eigenvalue weighted by Crippen LogP contribution is -2.41. The van der Waals surface area contributed by atoms with Gasteiger partial charge in [0, 0.05) is 0 Å². The number of carbonyl (C=O) groups is 1. The average molecular weight is 431 g/mol. The van der Waals surface area contributed by atoms with Gasteiger partial charge in [0.15, 0.2) is 0 Å². The second kappa shape index (κ2) is 8.37. The molecule has 1 heterocycles. The van der Waals surface area contributed by atoms with E-state index in [1.807, 2.05) is 38.1 Å². The van der Waals surface area contributed by atoms with Gasteiger partial charge in [0.1, 0.15) is 10.7 Å². The molecule has 1 amide bonds. The Morgan fingerprint density at radius 1 is 1.07 bits per heavy atom. The molecule has 0 aliphatic carbocycles. The van der Waals surface area contributed by atoms with Crippen LogP contribution in [-0.2, 0) is 14.8 Å². The van der Waals surface area contributed by atoms with Gasteiger partial charge in [-0.15, -0.1) is 0 Å². The van der Waals surface area contributed by atoms with Crippen LogP contribution in [0, 0.1) is 26.6 Å². The summed E-state index contributed by atoms with van der Waals surface area (Å²) in [5, 5.41) is 7.20. The van der Waals surface area contributed by atoms with Gasteiger partial charge in [-0.1, -0.05) is 29.8 Å². The van der Waals surface area contributed by atoms with E-state index in [4.69, 9.17) is 0 Å². The van der Waals surface area contributed by atoms with Crippen LogP contribution < -0.4 is 10.0 Å². The highest BCUT2D eigenvalue weighted by atomic mass is 32.2. The maximum absolute atomic E-state index is 13.8. The van der Waals surface area contributed by atoms with Crippen molar-refractivity contribution in [3.05, 3.63) is 71.3 Å². The Kier molecular flexibility index (Phi) is 6.04. The molecule has 1 aromatic heterocycles. The first kappa shape index (κ1) is 21.7. The van der Waals surface area contributed by atoms with E-state index in [2.05, 4.69) is 15.1 Å². The van der Waals surface area contributed by atoms with E-state index in [1.54, 1.807) is 11.6 Å². The topological polar surface area (TPSA) is 93.1 Å². The number of amides is 1. The second-order valence-corrected chi connectivity index (χ2v) is 8.74. The van der Waals surface area contributed by atoms with E-state index in [0.717, 1.165) is 23.4 Å². The Balaban J connectivity index is 1.79. The number of halogens is 1. The minimum absolute atomic E-state index is 0.498. The lowest BCUT2D eigenvalue weighted by atomic mass is 10.2. The summed E-state index contributed by atoms with van der Waals surface area (Å²) < 4.78 is 42.6. The van der Waals surface area contributed by atoms with Gasteiger partial charge in [-0.25, -0.2) is 17.5 Å². The normalized spacial score (nSPS) is 12.6. The first-order valence-corrected chi connectivity index (χ1v) is 10.8. The molecule has 3 rings (SSSR count). The predicted octanol–water partition coefficient (Wildman–Crippen LogP) is 3.24. The Hall–Kier alpha value is -3.04. The highest BCUT2D eigenvalue weighted by Gasteiger charge is 2.26. The zero-order chi connectivity index (χ0) is 22.1. The molecule has 2 N–H and O–H groups in total. The van der Waals surface area contributed by atoms with E-state index in [9.17, 15) is 17.6 Å². The minimum Gasteiger partial charge on any atom is -0.322 e. The van der Waals surface area contributed by atoms with Crippen molar-refractivity contribution in [2.24, 2.45) is 0 Å². The Bertz CT molecular complexity index is 1190. The number of hydrogen-bond donors (Lipinski definition) is 2. The summed E-state index contributed by atoms with van der Waals surface area (Å²) in [7, 11) is -4.20. The number of aryl methyl sites for hydroxylation is 2. The van der Waals surface area contributed by atoms with Crippen LogP contribution in [0.5, 0.6) is 0 Å². The summed E-state index contributed by atoms with van der Waals surface area (Å²) in [6.07, 6.45) is 0. The molecule has 158 valence electrons. The molecule has 0 aliphatic heterocycles. The maximum atomic E-state index is 13.8. The molecule has 0 aliphatic rings. The molecule has 0 fully saturated rings. The number of aromatic nitrogens is 2. The largest absolute Gasteiger partial charge is 0.322 e. The summed E-state index contributed by atoms with van der Waals surface area (Å²) in [5.74, 6) is -1.46. The van der Waals surface area contributed by atoms with E-state index < -0.39 is 32.7 Å². The smallest absolute Gasteiger partial charge is 0.244 e. The lowest BCUT2D eigenvalue weighted by Gasteiger charge is -2.15. The van der Waals surface area contributed by atoms with Crippen LogP contribution in [0.1, 0.15) is 23.9 Å². The van der Waals surface area contributed by atoms with E-state index in [0.29, 0.717) is 17.1 Å². The van der Waals surface area contributed by atoms with Gasteiger partial charge in [-0.05, 0) is 52.0 Å². The fraction of sp³-hybridized carbons (Fsp3) is 0.238. The molecule has 30 heavy (non-hydrogen) atoms. The fourth-order valence-electron chi connectivity index (χ4n) is 3.00. The number of carbonyl (C=O) groups excluding carboxylic acids is 1. The average Bonchev–Trinajstić information content (AvgIpc) is 2.96. The van der Waals surface area contributed by atoms with Gasteiger partial charge in [-0.3, -0.25) is 4.79 Å². The van der Waals surface area contributed by atoms with Crippen molar-refractivity contribution in [2.45, 2.75) is 38.6 Å². The molecule has 0 radical (unpaired) electrons. The van der Waals surface area contributed by atoms with Crippen molar-refractivity contribution < 1.29 is 17.6 Å². The van der Waals surface area contributed by atoms with Gasteiger partial charge in [-0.2, -0.15) is 9.82 Å². The van der Waals surface area contributed by atoms with Crippen LogP contribution in [0.4, 0.5) is 10.1 Å². The van der Waals surface area contributed by atoms with Crippen molar-refractivity contribution in [3.8, 4) is 5.69 Å². The molecule has 0 saturated carbocycles. The number of rotatable bonds is 6. The number of nitrogens with one attached hydrogen (secondary N) is 2. The second-order valence-electron chi connectivity index (χ2n) is 7.06. The fourth-order valence-corrected chi connectivity index (χ4v) is 4.29. The predicted molar refractivity (Wildman–Crippen MR) is 113 cm³/mol.